The molecule has 0 N–H and O–H groups in total. The standard InChI is InChI=1S/C26H24/c1-2-22-7-3-4-8-23(22)11-12-24-9-5-6-10-25(24)26-16-19-13-20(17-26)15-21(14-19)18-26/h1,3-10,19-21H,13-18H2. The van der Waals surface area contributed by atoms with Crippen molar-refractivity contribution >= 4 is 0 Å². The zero-order chi connectivity index (χ0) is 17.6. The van der Waals surface area contributed by atoms with Gasteiger partial charge in [0.05, 0.1) is 0 Å². The van der Waals surface area contributed by atoms with Crippen LogP contribution in [0.25, 0.3) is 0 Å². The molecule has 2 aromatic carbocycles. The van der Waals surface area contributed by atoms with E-state index in [2.05, 4.69) is 42.0 Å². The Morgan fingerprint density at radius 3 is 1.81 bits per heavy atom. The summed E-state index contributed by atoms with van der Waals surface area (Å²) in [5, 5.41) is 0. The van der Waals surface area contributed by atoms with Crippen molar-refractivity contribution in [1.82, 2.24) is 0 Å². The lowest BCUT2D eigenvalue weighted by Crippen LogP contribution is -2.48. The topological polar surface area (TPSA) is 0 Å². The van der Waals surface area contributed by atoms with Crippen molar-refractivity contribution in [3.8, 4) is 24.2 Å². The minimum atomic E-state index is 0.381. The van der Waals surface area contributed by atoms with E-state index in [4.69, 9.17) is 6.42 Å². The lowest BCUT2D eigenvalue weighted by Gasteiger charge is -2.57. The summed E-state index contributed by atoms with van der Waals surface area (Å²) >= 11 is 0. The van der Waals surface area contributed by atoms with Crippen LogP contribution in [0.2, 0.25) is 0 Å². The summed E-state index contributed by atoms with van der Waals surface area (Å²) in [6.45, 7) is 0. The first-order chi connectivity index (χ1) is 12.8. The molecule has 4 saturated carbocycles. The maximum absolute atomic E-state index is 5.63. The second-order valence-electron chi connectivity index (χ2n) is 8.68. The first-order valence-corrected chi connectivity index (χ1v) is 9.93. The van der Waals surface area contributed by atoms with E-state index < -0.39 is 0 Å². The Balaban J connectivity index is 1.56. The van der Waals surface area contributed by atoms with Gasteiger partial charge in [-0.15, -0.1) is 6.42 Å². The molecule has 0 amide bonds. The summed E-state index contributed by atoms with van der Waals surface area (Å²) in [6.07, 6.45) is 14.2. The summed E-state index contributed by atoms with van der Waals surface area (Å²) in [4.78, 5) is 0. The Morgan fingerprint density at radius 2 is 1.19 bits per heavy atom. The van der Waals surface area contributed by atoms with E-state index in [0.717, 1.165) is 28.9 Å². The minimum Gasteiger partial charge on any atom is -0.115 e. The zero-order valence-electron chi connectivity index (χ0n) is 15.2. The quantitative estimate of drug-likeness (QED) is 0.600. The average molecular weight is 336 g/mol. The highest BCUT2D eigenvalue weighted by atomic mass is 14.6. The molecule has 4 aliphatic rings. The minimum absolute atomic E-state index is 0.381. The monoisotopic (exact) mass is 336 g/mol. The van der Waals surface area contributed by atoms with Crippen molar-refractivity contribution < 1.29 is 0 Å². The highest BCUT2D eigenvalue weighted by molar-refractivity contribution is 5.54. The second kappa shape index (κ2) is 6.07. The number of rotatable bonds is 1. The van der Waals surface area contributed by atoms with Gasteiger partial charge in [-0.1, -0.05) is 48.1 Å². The fourth-order valence-corrected chi connectivity index (χ4v) is 6.35. The molecule has 4 bridgehead atoms. The molecular weight excluding hydrogens is 312 g/mol. The van der Waals surface area contributed by atoms with Gasteiger partial charge in [-0.2, -0.15) is 0 Å². The second-order valence-corrected chi connectivity index (χ2v) is 8.68. The van der Waals surface area contributed by atoms with Crippen LogP contribution in [-0.2, 0) is 5.41 Å². The van der Waals surface area contributed by atoms with Gasteiger partial charge in [0.2, 0.25) is 0 Å². The van der Waals surface area contributed by atoms with Crippen LogP contribution in [-0.4, -0.2) is 0 Å². The molecule has 4 aliphatic carbocycles. The lowest BCUT2D eigenvalue weighted by atomic mass is 9.47. The molecule has 0 nitrogen and oxygen atoms in total. The van der Waals surface area contributed by atoms with Gasteiger partial charge in [0.25, 0.3) is 0 Å². The summed E-state index contributed by atoms with van der Waals surface area (Å²) in [5.41, 5.74) is 4.93. The molecule has 0 saturated heterocycles. The Hall–Kier alpha value is -2.44. The molecule has 0 unspecified atom stereocenters. The van der Waals surface area contributed by atoms with E-state index in [-0.39, 0.29) is 0 Å². The molecule has 0 atom stereocenters. The van der Waals surface area contributed by atoms with Crippen molar-refractivity contribution in [3.63, 3.8) is 0 Å². The van der Waals surface area contributed by atoms with E-state index in [1.54, 1.807) is 0 Å². The molecule has 0 radical (unpaired) electrons. The fraction of sp³-hybridized carbons (Fsp3) is 0.385. The van der Waals surface area contributed by atoms with Gasteiger partial charge in [-0.3, -0.25) is 0 Å². The molecule has 0 aliphatic heterocycles. The van der Waals surface area contributed by atoms with E-state index in [0.29, 0.717) is 5.41 Å². The molecule has 0 heterocycles. The van der Waals surface area contributed by atoms with E-state index in [9.17, 15) is 0 Å². The molecule has 128 valence electrons. The highest BCUT2D eigenvalue weighted by Crippen LogP contribution is 2.61. The van der Waals surface area contributed by atoms with Crippen molar-refractivity contribution in [1.29, 1.82) is 0 Å². The normalized spacial score (nSPS) is 31.1. The summed E-state index contributed by atoms with van der Waals surface area (Å²) in [5.74, 6) is 12.4. The van der Waals surface area contributed by atoms with Crippen LogP contribution in [0.3, 0.4) is 0 Å². The Bertz CT molecular complexity index is 908. The molecule has 2 aromatic rings. The van der Waals surface area contributed by atoms with Crippen LogP contribution in [0.4, 0.5) is 0 Å². The molecule has 6 rings (SSSR count). The number of hydrogen-bond donors (Lipinski definition) is 0. The van der Waals surface area contributed by atoms with Crippen molar-refractivity contribution in [2.75, 3.05) is 0 Å². The van der Waals surface area contributed by atoms with Gasteiger partial charge in [-0.05, 0) is 85.5 Å². The van der Waals surface area contributed by atoms with Gasteiger partial charge in [0, 0.05) is 16.7 Å². The summed E-state index contributed by atoms with van der Waals surface area (Å²) < 4.78 is 0. The third-order valence-electron chi connectivity index (χ3n) is 6.95. The third kappa shape index (κ3) is 2.57. The maximum atomic E-state index is 5.63. The Labute approximate surface area is 157 Å². The van der Waals surface area contributed by atoms with Gasteiger partial charge < -0.3 is 0 Å². The van der Waals surface area contributed by atoms with Crippen LogP contribution >= 0.6 is 0 Å². The first-order valence-electron chi connectivity index (χ1n) is 9.93. The zero-order valence-corrected chi connectivity index (χ0v) is 15.2. The van der Waals surface area contributed by atoms with Gasteiger partial charge in [0.15, 0.2) is 0 Å². The molecule has 26 heavy (non-hydrogen) atoms. The van der Waals surface area contributed by atoms with Gasteiger partial charge in [-0.25, -0.2) is 0 Å². The molecule has 0 heteroatoms. The number of benzene rings is 2. The predicted molar refractivity (Wildman–Crippen MR) is 107 cm³/mol. The first kappa shape index (κ1) is 15.8. The SMILES string of the molecule is C#Cc1ccccc1C#Cc1ccccc1C12CC3CC(CC(C3)C1)C2. The molecule has 4 fully saturated rings. The number of terminal acetylenes is 1. The van der Waals surface area contributed by atoms with Crippen LogP contribution in [0.15, 0.2) is 48.5 Å². The summed E-state index contributed by atoms with van der Waals surface area (Å²) in [6, 6.07) is 16.9. The largest absolute Gasteiger partial charge is 0.115 e. The molecular formula is C26H24. The smallest absolute Gasteiger partial charge is 0.0405 e. The summed E-state index contributed by atoms with van der Waals surface area (Å²) in [7, 11) is 0. The van der Waals surface area contributed by atoms with Gasteiger partial charge >= 0.3 is 0 Å². The highest BCUT2D eigenvalue weighted by Gasteiger charge is 2.52. The van der Waals surface area contributed by atoms with Crippen LogP contribution < -0.4 is 0 Å². The van der Waals surface area contributed by atoms with E-state index in [1.165, 1.54) is 49.7 Å². The fourth-order valence-electron chi connectivity index (χ4n) is 6.35. The average Bonchev–Trinajstić information content (AvgIpc) is 2.66. The van der Waals surface area contributed by atoms with Crippen molar-refractivity contribution in [2.45, 2.75) is 43.9 Å². The van der Waals surface area contributed by atoms with Crippen LogP contribution in [0, 0.1) is 41.9 Å². The van der Waals surface area contributed by atoms with E-state index in [1.807, 2.05) is 24.3 Å². The van der Waals surface area contributed by atoms with Crippen LogP contribution in [0.5, 0.6) is 0 Å². The Kier molecular flexibility index (Phi) is 3.69. The molecule has 0 aromatic heterocycles. The lowest BCUT2D eigenvalue weighted by molar-refractivity contribution is -0.00529. The Morgan fingerprint density at radius 1 is 0.692 bits per heavy atom. The van der Waals surface area contributed by atoms with E-state index >= 15 is 0 Å². The predicted octanol–water partition coefficient (Wildman–Crippen LogP) is 5.54. The van der Waals surface area contributed by atoms with Crippen molar-refractivity contribution in [3.05, 3.63) is 70.8 Å². The maximum Gasteiger partial charge on any atom is 0.0405 e. The third-order valence-corrected chi connectivity index (χ3v) is 6.95. The molecule has 0 spiro atoms. The van der Waals surface area contributed by atoms with Gasteiger partial charge in [0.1, 0.15) is 0 Å². The number of hydrogen-bond acceptors (Lipinski definition) is 0. The van der Waals surface area contributed by atoms with Crippen LogP contribution in [0.1, 0.15) is 60.8 Å². The van der Waals surface area contributed by atoms with Crippen molar-refractivity contribution in [2.24, 2.45) is 17.8 Å².